The highest BCUT2D eigenvalue weighted by atomic mass is 19.4. The Bertz CT molecular complexity index is 692. The number of hydrogen-bond donors (Lipinski definition) is 0. The summed E-state index contributed by atoms with van der Waals surface area (Å²) in [6, 6.07) is 3.70. The van der Waals surface area contributed by atoms with Crippen LogP contribution in [0, 0.1) is 0 Å². The van der Waals surface area contributed by atoms with Crippen LogP contribution >= 0.6 is 0 Å². The fourth-order valence-electron chi connectivity index (χ4n) is 3.47. The van der Waals surface area contributed by atoms with Gasteiger partial charge in [0.05, 0.1) is 12.2 Å². The van der Waals surface area contributed by atoms with Gasteiger partial charge in [0, 0.05) is 44.2 Å². The maximum atomic E-state index is 12.9. The first kappa shape index (κ1) is 19.8. The van der Waals surface area contributed by atoms with Crippen LogP contribution in [0.3, 0.4) is 0 Å². The number of hydrogen-bond acceptors (Lipinski definition) is 4. The highest BCUT2D eigenvalue weighted by molar-refractivity contribution is 5.68. The summed E-state index contributed by atoms with van der Waals surface area (Å²) in [5, 5.41) is 0. The van der Waals surface area contributed by atoms with Crippen LogP contribution in [0.5, 0.6) is 5.75 Å². The third-order valence-electron chi connectivity index (χ3n) is 4.76. The van der Waals surface area contributed by atoms with Crippen molar-refractivity contribution in [2.45, 2.75) is 45.0 Å². The molecule has 2 aliphatic heterocycles. The Morgan fingerprint density at radius 2 is 1.81 bits per heavy atom. The van der Waals surface area contributed by atoms with Crippen molar-refractivity contribution >= 4 is 6.09 Å². The molecule has 0 spiro atoms. The molecule has 27 heavy (non-hydrogen) atoms. The maximum Gasteiger partial charge on any atom is 0.416 e. The molecule has 1 unspecified atom stereocenters. The van der Waals surface area contributed by atoms with Gasteiger partial charge in [-0.25, -0.2) is 4.79 Å². The van der Waals surface area contributed by atoms with E-state index >= 15 is 0 Å². The van der Waals surface area contributed by atoms with E-state index in [0.717, 1.165) is 17.7 Å². The lowest BCUT2D eigenvalue weighted by Gasteiger charge is -2.41. The molecule has 0 saturated carbocycles. The van der Waals surface area contributed by atoms with Crippen LogP contribution in [-0.2, 0) is 10.9 Å². The monoisotopic (exact) mass is 386 g/mol. The van der Waals surface area contributed by atoms with E-state index in [-0.39, 0.29) is 12.1 Å². The summed E-state index contributed by atoms with van der Waals surface area (Å²) in [5.41, 5.74) is -0.457. The molecule has 3 rings (SSSR count). The molecule has 150 valence electrons. The molecule has 8 heteroatoms. The average molecular weight is 386 g/mol. The molecular formula is C19H25F3N2O3. The van der Waals surface area contributed by atoms with Gasteiger partial charge < -0.3 is 14.4 Å². The minimum absolute atomic E-state index is 0.00294. The Hall–Kier alpha value is -1.96. The van der Waals surface area contributed by atoms with Crippen molar-refractivity contribution in [1.29, 1.82) is 0 Å². The van der Waals surface area contributed by atoms with Gasteiger partial charge in [-0.05, 0) is 32.9 Å². The zero-order valence-electron chi connectivity index (χ0n) is 15.8. The van der Waals surface area contributed by atoms with Crippen LogP contribution in [0.25, 0.3) is 0 Å². The van der Waals surface area contributed by atoms with Gasteiger partial charge in [-0.2, -0.15) is 13.2 Å². The lowest BCUT2D eigenvalue weighted by molar-refractivity contribution is -0.137. The number of alkyl halides is 3. The van der Waals surface area contributed by atoms with Gasteiger partial charge in [0.15, 0.2) is 0 Å². The minimum Gasteiger partial charge on any atom is -0.493 e. The molecule has 5 nitrogen and oxygen atoms in total. The number of halogens is 3. The first-order chi connectivity index (χ1) is 12.5. The molecule has 0 aliphatic carbocycles. The fourth-order valence-corrected chi connectivity index (χ4v) is 3.47. The van der Waals surface area contributed by atoms with Gasteiger partial charge in [0.2, 0.25) is 0 Å². The summed E-state index contributed by atoms with van der Waals surface area (Å²) in [5.74, 6) is 0.302. The Balaban J connectivity index is 1.67. The lowest BCUT2D eigenvalue weighted by atomic mass is 9.96. The maximum absolute atomic E-state index is 12.9. The Morgan fingerprint density at radius 3 is 2.41 bits per heavy atom. The second-order valence-corrected chi connectivity index (χ2v) is 7.91. The van der Waals surface area contributed by atoms with E-state index in [4.69, 9.17) is 9.47 Å². The SMILES string of the molecule is CC(C)(C)OC(=O)N1CCN(C2CCOc3cc(C(F)(F)F)ccc32)CC1. The second-order valence-electron chi connectivity index (χ2n) is 7.91. The predicted octanol–water partition coefficient (Wildman–Crippen LogP) is 4.08. The topological polar surface area (TPSA) is 42.0 Å². The third-order valence-corrected chi connectivity index (χ3v) is 4.76. The second kappa shape index (κ2) is 7.22. The van der Waals surface area contributed by atoms with Crippen molar-refractivity contribution in [2.24, 2.45) is 0 Å². The molecular weight excluding hydrogens is 361 g/mol. The highest BCUT2D eigenvalue weighted by Crippen LogP contribution is 2.40. The number of amides is 1. The number of carbonyl (C=O) groups excluding carboxylic acids is 1. The summed E-state index contributed by atoms with van der Waals surface area (Å²) in [6.07, 6.45) is -4.00. The van der Waals surface area contributed by atoms with E-state index in [1.165, 1.54) is 6.07 Å². The summed E-state index contributed by atoms with van der Waals surface area (Å²) in [4.78, 5) is 16.1. The van der Waals surface area contributed by atoms with Crippen molar-refractivity contribution in [3.8, 4) is 5.75 Å². The molecule has 1 aromatic rings. The van der Waals surface area contributed by atoms with Crippen LogP contribution in [0.15, 0.2) is 18.2 Å². The predicted molar refractivity (Wildman–Crippen MR) is 93.7 cm³/mol. The zero-order valence-corrected chi connectivity index (χ0v) is 15.8. The van der Waals surface area contributed by atoms with E-state index < -0.39 is 17.3 Å². The standard InChI is InChI=1S/C19H25F3N2O3/c1-18(2,3)27-17(25)24-9-7-23(8-10-24)15-6-11-26-16-12-13(19(20,21)22)4-5-14(15)16/h4-5,12,15H,6-11H2,1-3H3. The Kier molecular flexibility index (Phi) is 5.29. The minimum atomic E-state index is -4.38. The summed E-state index contributed by atoms with van der Waals surface area (Å²) < 4.78 is 49.7. The normalized spacial score (nSPS) is 21.4. The van der Waals surface area contributed by atoms with Gasteiger partial charge in [-0.3, -0.25) is 4.90 Å². The van der Waals surface area contributed by atoms with Crippen molar-refractivity contribution in [1.82, 2.24) is 9.80 Å². The van der Waals surface area contributed by atoms with Gasteiger partial charge in [0.25, 0.3) is 0 Å². The van der Waals surface area contributed by atoms with Crippen molar-refractivity contribution in [3.63, 3.8) is 0 Å². The largest absolute Gasteiger partial charge is 0.493 e. The molecule has 0 aromatic heterocycles. The molecule has 1 amide bonds. The van der Waals surface area contributed by atoms with E-state index in [1.54, 1.807) is 4.90 Å². The first-order valence-electron chi connectivity index (χ1n) is 9.10. The summed E-state index contributed by atoms with van der Waals surface area (Å²) >= 11 is 0. The van der Waals surface area contributed by atoms with Crippen molar-refractivity contribution < 1.29 is 27.4 Å². The van der Waals surface area contributed by atoms with Crippen LogP contribution in [0.4, 0.5) is 18.0 Å². The molecule has 1 atom stereocenters. The Labute approximate surface area is 157 Å². The number of ether oxygens (including phenoxy) is 2. The molecule has 1 aromatic carbocycles. The lowest BCUT2D eigenvalue weighted by Crippen LogP contribution is -2.51. The molecule has 1 fully saturated rings. The molecule has 2 aliphatic rings. The first-order valence-corrected chi connectivity index (χ1v) is 9.10. The van der Waals surface area contributed by atoms with Crippen molar-refractivity contribution in [3.05, 3.63) is 29.3 Å². The van der Waals surface area contributed by atoms with E-state index in [1.807, 2.05) is 20.8 Å². The number of nitrogens with zero attached hydrogens (tertiary/aromatic N) is 2. The fraction of sp³-hybridized carbons (Fsp3) is 0.632. The number of carbonyl (C=O) groups is 1. The molecule has 1 saturated heterocycles. The zero-order chi connectivity index (χ0) is 19.8. The summed E-state index contributed by atoms with van der Waals surface area (Å²) in [6.45, 7) is 8.21. The van der Waals surface area contributed by atoms with Gasteiger partial charge in [-0.1, -0.05) is 6.07 Å². The highest BCUT2D eigenvalue weighted by Gasteiger charge is 2.35. The van der Waals surface area contributed by atoms with Crippen LogP contribution in [0.1, 0.15) is 44.4 Å². The van der Waals surface area contributed by atoms with Gasteiger partial charge >= 0.3 is 12.3 Å². The van der Waals surface area contributed by atoms with Crippen LogP contribution in [-0.4, -0.2) is 54.3 Å². The van der Waals surface area contributed by atoms with Gasteiger partial charge in [-0.15, -0.1) is 0 Å². The van der Waals surface area contributed by atoms with E-state index in [2.05, 4.69) is 4.90 Å². The quantitative estimate of drug-likeness (QED) is 0.729. The Morgan fingerprint density at radius 1 is 1.15 bits per heavy atom. The molecule has 2 heterocycles. The van der Waals surface area contributed by atoms with Crippen LogP contribution in [0.2, 0.25) is 0 Å². The smallest absolute Gasteiger partial charge is 0.416 e. The van der Waals surface area contributed by atoms with Crippen molar-refractivity contribution in [2.75, 3.05) is 32.8 Å². The molecule has 0 N–H and O–H groups in total. The van der Waals surface area contributed by atoms with E-state index in [0.29, 0.717) is 45.0 Å². The number of benzene rings is 1. The van der Waals surface area contributed by atoms with E-state index in [9.17, 15) is 18.0 Å². The van der Waals surface area contributed by atoms with Crippen LogP contribution < -0.4 is 4.74 Å². The summed E-state index contributed by atoms with van der Waals surface area (Å²) in [7, 11) is 0. The number of fused-ring (bicyclic) bond motifs is 1. The number of rotatable bonds is 1. The molecule has 0 radical (unpaired) electrons. The van der Waals surface area contributed by atoms with Gasteiger partial charge in [0.1, 0.15) is 11.4 Å². The third kappa shape index (κ3) is 4.66. The number of piperazine rings is 1. The molecule has 0 bridgehead atoms. The average Bonchev–Trinajstić information content (AvgIpc) is 2.58.